The third-order valence-corrected chi connectivity index (χ3v) is 6.03. The van der Waals surface area contributed by atoms with Gasteiger partial charge in [-0.25, -0.2) is 9.18 Å². The number of carboxylic acid groups (broad SMARTS) is 1. The number of H-pyrrole nitrogens is 1. The van der Waals surface area contributed by atoms with Crippen LogP contribution in [0.25, 0.3) is 11.3 Å². The number of aromatic carboxylic acids is 1. The van der Waals surface area contributed by atoms with Crippen LogP contribution in [0.3, 0.4) is 0 Å². The van der Waals surface area contributed by atoms with Gasteiger partial charge < -0.3 is 24.3 Å². The molecule has 1 aromatic heterocycles. The van der Waals surface area contributed by atoms with E-state index < -0.39 is 17.4 Å². The molecule has 1 aromatic carbocycles. The van der Waals surface area contributed by atoms with Gasteiger partial charge in [0.25, 0.3) is 0 Å². The third kappa shape index (κ3) is 7.17. The van der Waals surface area contributed by atoms with Crippen LogP contribution in [0.15, 0.2) is 24.3 Å². The van der Waals surface area contributed by atoms with Crippen molar-refractivity contribution in [2.75, 3.05) is 0 Å². The summed E-state index contributed by atoms with van der Waals surface area (Å²) in [5.74, 6) is -2.62. The molecule has 0 amide bonds. The van der Waals surface area contributed by atoms with E-state index in [1.807, 2.05) is 48.5 Å². The summed E-state index contributed by atoms with van der Waals surface area (Å²) in [4.78, 5) is 27.5. The fourth-order valence-electron chi connectivity index (χ4n) is 4.88. The minimum absolute atomic E-state index is 0.0384. The van der Waals surface area contributed by atoms with Crippen LogP contribution in [0.4, 0.5) is 4.39 Å². The predicted octanol–water partition coefficient (Wildman–Crippen LogP) is 6.22. The summed E-state index contributed by atoms with van der Waals surface area (Å²) in [5, 5.41) is 9.85. The van der Waals surface area contributed by atoms with Gasteiger partial charge in [0.15, 0.2) is 5.79 Å². The first-order valence-electron chi connectivity index (χ1n) is 12.5. The number of benzene rings is 1. The molecule has 1 fully saturated rings. The molecule has 1 aliphatic rings. The number of halogens is 1. The van der Waals surface area contributed by atoms with Gasteiger partial charge >= 0.3 is 11.9 Å². The molecule has 1 aliphatic heterocycles. The van der Waals surface area contributed by atoms with Gasteiger partial charge in [0.2, 0.25) is 0 Å². The molecule has 1 saturated heterocycles. The van der Waals surface area contributed by atoms with Gasteiger partial charge in [-0.3, -0.25) is 4.79 Å². The van der Waals surface area contributed by atoms with Crippen LogP contribution in [-0.4, -0.2) is 45.6 Å². The number of carbonyl (C=O) groups is 2. The van der Waals surface area contributed by atoms with Gasteiger partial charge in [-0.1, -0.05) is 13.8 Å². The summed E-state index contributed by atoms with van der Waals surface area (Å²) < 4.78 is 31.2. The lowest BCUT2D eigenvalue weighted by Gasteiger charge is -2.41. The van der Waals surface area contributed by atoms with Crippen LogP contribution in [-0.2, 0) is 25.4 Å². The maximum absolute atomic E-state index is 13.6. The van der Waals surface area contributed by atoms with Crippen molar-refractivity contribution in [3.8, 4) is 11.3 Å². The molecule has 3 rings (SSSR count). The SMILES string of the molecule is CC(C)c1c(C(=O)O)[nH]c(-c2ccc(F)cc2)c1CC[C@@H]1C[C@H](CC(=O)OC(C)(C)C)OC(C)(C)O1. The standard InChI is InChI=1S/C28H38FNO6/c1-16(2)23-21(24(30-25(23)26(32)33)17-8-10-18(29)11-9-17)13-12-19-14-20(35-28(6,7)34-19)15-22(31)36-27(3,4)5/h8-11,16,19-20,30H,12-15H2,1-7H3,(H,32,33)/t19-,20-/m1/s1. The number of nitrogens with one attached hydrogen (secondary N) is 1. The Balaban J connectivity index is 1.85. The molecular formula is C28H38FNO6. The zero-order valence-electron chi connectivity index (χ0n) is 22.2. The Kier molecular flexibility index (Phi) is 8.30. The smallest absolute Gasteiger partial charge is 0.352 e. The number of carbonyl (C=O) groups excluding carboxylic acids is 1. The Bertz CT molecular complexity index is 1080. The number of hydrogen-bond acceptors (Lipinski definition) is 5. The van der Waals surface area contributed by atoms with E-state index in [4.69, 9.17) is 14.2 Å². The van der Waals surface area contributed by atoms with Crippen LogP contribution < -0.4 is 0 Å². The Morgan fingerprint density at radius 2 is 1.78 bits per heavy atom. The molecular weight excluding hydrogens is 465 g/mol. The maximum atomic E-state index is 13.6. The normalized spacial score (nSPS) is 19.9. The lowest BCUT2D eigenvalue weighted by molar-refractivity contribution is -0.300. The predicted molar refractivity (Wildman–Crippen MR) is 134 cm³/mol. The Morgan fingerprint density at radius 1 is 1.17 bits per heavy atom. The first kappa shape index (κ1) is 27.9. The second-order valence-electron chi connectivity index (χ2n) is 11.2. The molecule has 0 spiro atoms. The number of carboxylic acids is 1. The average Bonchev–Trinajstić information content (AvgIpc) is 3.10. The van der Waals surface area contributed by atoms with Crippen molar-refractivity contribution in [2.45, 2.75) is 104 Å². The number of esters is 1. The zero-order valence-corrected chi connectivity index (χ0v) is 22.2. The van der Waals surface area contributed by atoms with Crippen LogP contribution in [0, 0.1) is 5.82 Å². The highest BCUT2D eigenvalue weighted by atomic mass is 19.1. The maximum Gasteiger partial charge on any atom is 0.352 e. The molecule has 0 unspecified atom stereocenters. The molecule has 0 bridgehead atoms. The van der Waals surface area contributed by atoms with Crippen molar-refractivity contribution in [3.05, 3.63) is 46.9 Å². The summed E-state index contributed by atoms with van der Waals surface area (Å²) in [6.07, 6.45) is 1.24. The third-order valence-electron chi connectivity index (χ3n) is 6.03. The van der Waals surface area contributed by atoms with Crippen LogP contribution in [0.2, 0.25) is 0 Å². The molecule has 0 saturated carbocycles. The van der Waals surface area contributed by atoms with Gasteiger partial charge in [-0.2, -0.15) is 0 Å². The number of rotatable bonds is 8. The van der Waals surface area contributed by atoms with Crippen molar-refractivity contribution < 1.29 is 33.3 Å². The van der Waals surface area contributed by atoms with E-state index >= 15 is 0 Å². The van der Waals surface area contributed by atoms with Crippen LogP contribution in [0.5, 0.6) is 0 Å². The fraction of sp³-hybridized carbons (Fsp3) is 0.571. The molecule has 2 atom stereocenters. The van der Waals surface area contributed by atoms with E-state index in [0.29, 0.717) is 25.0 Å². The summed E-state index contributed by atoms with van der Waals surface area (Å²) in [6, 6.07) is 6.01. The number of aromatic amines is 1. The summed E-state index contributed by atoms with van der Waals surface area (Å²) in [7, 11) is 0. The Labute approximate surface area is 212 Å². The summed E-state index contributed by atoms with van der Waals surface area (Å²) >= 11 is 0. The van der Waals surface area contributed by atoms with Gasteiger partial charge in [-0.15, -0.1) is 0 Å². The number of aromatic nitrogens is 1. The average molecular weight is 504 g/mol. The van der Waals surface area contributed by atoms with Crippen LogP contribution in [0.1, 0.15) is 95.3 Å². The highest BCUT2D eigenvalue weighted by Crippen LogP contribution is 2.36. The topological polar surface area (TPSA) is 97.9 Å². The number of hydrogen-bond donors (Lipinski definition) is 2. The Morgan fingerprint density at radius 3 is 2.33 bits per heavy atom. The number of ether oxygens (including phenoxy) is 3. The van der Waals surface area contributed by atoms with Crippen molar-refractivity contribution in [1.29, 1.82) is 0 Å². The molecule has 2 N–H and O–H groups in total. The van der Waals surface area contributed by atoms with E-state index in [1.54, 1.807) is 12.1 Å². The summed E-state index contributed by atoms with van der Waals surface area (Å²) in [5.41, 5.74) is 2.58. The summed E-state index contributed by atoms with van der Waals surface area (Å²) in [6.45, 7) is 13.0. The first-order chi connectivity index (χ1) is 16.6. The van der Waals surface area contributed by atoms with E-state index in [9.17, 15) is 19.1 Å². The highest BCUT2D eigenvalue weighted by Gasteiger charge is 2.37. The molecule has 2 aromatic rings. The van der Waals surface area contributed by atoms with E-state index in [2.05, 4.69) is 4.98 Å². The first-order valence-corrected chi connectivity index (χ1v) is 12.5. The van der Waals surface area contributed by atoms with E-state index in [0.717, 1.165) is 16.7 Å². The molecule has 0 aliphatic carbocycles. The molecule has 198 valence electrons. The van der Waals surface area contributed by atoms with Crippen molar-refractivity contribution in [3.63, 3.8) is 0 Å². The minimum Gasteiger partial charge on any atom is -0.477 e. The highest BCUT2D eigenvalue weighted by molar-refractivity contribution is 5.90. The second kappa shape index (κ2) is 10.7. The quantitative estimate of drug-likeness (QED) is 0.415. The monoisotopic (exact) mass is 503 g/mol. The largest absolute Gasteiger partial charge is 0.477 e. The van der Waals surface area contributed by atoms with Crippen molar-refractivity contribution in [2.24, 2.45) is 0 Å². The molecule has 8 heteroatoms. The molecule has 2 heterocycles. The van der Waals surface area contributed by atoms with Gasteiger partial charge in [-0.05, 0) is 94.3 Å². The molecule has 36 heavy (non-hydrogen) atoms. The van der Waals surface area contributed by atoms with Gasteiger partial charge in [0.1, 0.15) is 17.1 Å². The van der Waals surface area contributed by atoms with Crippen molar-refractivity contribution >= 4 is 11.9 Å². The molecule has 0 radical (unpaired) electrons. The second-order valence-corrected chi connectivity index (χ2v) is 11.2. The van der Waals surface area contributed by atoms with E-state index in [-0.39, 0.29) is 42.0 Å². The van der Waals surface area contributed by atoms with Gasteiger partial charge in [0, 0.05) is 12.1 Å². The van der Waals surface area contributed by atoms with Crippen LogP contribution >= 0.6 is 0 Å². The fourth-order valence-corrected chi connectivity index (χ4v) is 4.88. The zero-order chi connectivity index (χ0) is 26.8. The van der Waals surface area contributed by atoms with Crippen molar-refractivity contribution in [1.82, 2.24) is 4.98 Å². The van der Waals surface area contributed by atoms with Gasteiger partial charge in [0.05, 0.1) is 18.6 Å². The van der Waals surface area contributed by atoms with E-state index in [1.165, 1.54) is 12.1 Å². The Hall–Kier alpha value is -2.71. The molecule has 7 nitrogen and oxygen atoms in total. The lowest BCUT2D eigenvalue weighted by Crippen LogP contribution is -2.45. The minimum atomic E-state index is -1.03. The lowest BCUT2D eigenvalue weighted by atomic mass is 9.91.